The summed E-state index contributed by atoms with van der Waals surface area (Å²) < 4.78 is 31.7. The smallest absolute Gasteiger partial charge is 0.297 e. The lowest BCUT2D eigenvalue weighted by Gasteiger charge is -2.35. The normalized spacial score (nSPS) is 14.0. The van der Waals surface area contributed by atoms with Gasteiger partial charge in [0.05, 0.1) is 24.4 Å². The Morgan fingerprint density at radius 3 is 2.54 bits per heavy atom. The first-order valence-electron chi connectivity index (χ1n) is 10.6. The molecule has 3 aromatic heterocycles. The number of rotatable bonds is 8. The van der Waals surface area contributed by atoms with Crippen molar-refractivity contribution >= 4 is 40.3 Å². The molecule has 184 valence electrons. The number of ketones is 1. The molecule has 13 heteroatoms. The highest BCUT2D eigenvalue weighted by atomic mass is 32.2. The van der Waals surface area contributed by atoms with Crippen molar-refractivity contribution < 1.29 is 28.2 Å². The van der Waals surface area contributed by atoms with Crippen LogP contribution in [0.25, 0.3) is 11.0 Å². The number of methoxy groups -OCH3 is 1. The largest absolute Gasteiger partial charge is 0.495 e. The van der Waals surface area contributed by atoms with Crippen molar-refractivity contribution in [3.05, 3.63) is 42.0 Å². The van der Waals surface area contributed by atoms with Gasteiger partial charge in [0.2, 0.25) is 5.91 Å². The standard InChI is InChI=1S/C22H22F2N6O4S/c1-34-14-8-15-20(26-10-14)27-21(19(23)24)28-22(15)35-12-16(32)13-2-3-17(25-9-13)29-4-6-30(7-5-29)18(33)11-31/h2-3,8-10,19,31H,4-7,11-12H2,1H3. The highest BCUT2D eigenvalue weighted by Gasteiger charge is 2.22. The number of carbonyl (C=O) groups excluding carboxylic acids is 2. The molecular weight excluding hydrogens is 482 g/mol. The first kappa shape index (κ1) is 24.7. The Balaban J connectivity index is 1.44. The van der Waals surface area contributed by atoms with Crippen LogP contribution >= 0.6 is 11.8 Å². The lowest BCUT2D eigenvalue weighted by Crippen LogP contribution is -2.49. The number of hydrogen-bond acceptors (Lipinski definition) is 10. The van der Waals surface area contributed by atoms with Gasteiger partial charge in [-0.1, -0.05) is 11.8 Å². The Labute approximate surface area is 203 Å². The molecule has 0 bridgehead atoms. The summed E-state index contributed by atoms with van der Waals surface area (Å²) in [5, 5.41) is 9.61. The molecule has 0 atom stereocenters. The highest BCUT2D eigenvalue weighted by molar-refractivity contribution is 8.00. The van der Waals surface area contributed by atoms with Crippen LogP contribution in [0.2, 0.25) is 0 Å². The van der Waals surface area contributed by atoms with Gasteiger partial charge in [0.15, 0.2) is 17.3 Å². The zero-order chi connectivity index (χ0) is 24.9. The number of aliphatic hydroxyl groups is 1. The van der Waals surface area contributed by atoms with E-state index in [0.29, 0.717) is 48.7 Å². The summed E-state index contributed by atoms with van der Waals surface area (Å²) in [5.41, 5.74) is 0.469. The molecule has 3 aromatic rings. The SMILES string of the molecule is COc1cnc2nc(C(F)F)nc(SCC(=O)c3ccc(N4CCN(C(=O)CO)CC4)nc3)c2c1. The lowest BCUT2D eigenvalue weighted by atomic mass is 10.2. The molecule has 1 amide bonds. The molecule has 0 spiro atoms. The minimum Gasteiger partial charge on any atom is -0.495 e. The van der Waals surface area contributed by atoms with E-state index in [1.165, 1.54) is 19.5 Å². The topological polar surface area (TPSA) is 122 Å². The number of anilines is 1. The second-order valence-corrected chi connectivity index (χ2v) is 8.54. The molecule has 0 aliphatic carbocycles. The first-order valence-corrected chi connectivity index (χ1v) is 11.6. The molecule has 10 nitrogen and oxygen atoms in total. The van der Waals surface area contributed by atoms with Crippen molar-refractivity contribution in [3.63, 3.8) is 0 Å². The number of Topliss-reactive ketones (excluding diaryl/α,β-unsaturated/α-hetero) is 1. The fraction of sp³-hybridized carbons (Fsp3) is 0.364. The van der Waals surface area contributed by atoms with E-state index >= 15 is 0 Å². The monoisotopic (exact) mass is 504 g/mol. The Kier molecular flexibility index (Phi) is 7.66. The molecule has 0 saturated carbocycles. The zero-order valence-electron chi connectivity index (χ0n) is 18.7. The third kappa shape index (κ3) is 5.62. The molecule has 0 unspecified atom stereocenters. The van der Waals surface area contributed by atoms with Crippen LogP contribution in [0.5, 0.6) is 5.75 Å². The van der Waals surface area contributed by atoms with Crippen molar-refractivity contribution in [2.24, 2.45) is 0 Å². The third-order valence-corrected chi connectivity index (χ3v) is 6.43. The molecule has 1 saturated heterocycles. The number of fused-ring (bicyclic) bond motifs is 1. The molecule has 35 heavy (non-hydrogen) atoms. The van der Waals surface area contributed by atoms with Gasteiger partial charge in [-0.2, -0.15) is 0 Å². The number of ether oxygens (including phenoxy) is 1. The number of amides is 1. The third-order valence-electron chi connectivity index (χ3n) is 5.44. The maximum Gasteiger partial charge on any atom is 0.297 e. The minimum absolute atomic E-state index is 0.0467. The number of carbonyl (C=O) groups is 2. The number of nitrogens with zero attached hydrogens (tertiary/aromatic N) is 6. The van der Waals surface area contributed by atoms with Gasteiger partial charge in [-0.25, -0.2) is 28.7 Å². The Hall–Kier alpha value is -3.45. The minimum atomic E-state index is -2.88. The van der Waals surface area contributed by atoms with E-state index in [1.54, 1.807) is 23.1 Å². The summed E-state index contributed by atoms with van der Waals surface area (Å²) in [6, 6.07) is 4.98. The van der Waals surface area contributed by atoms with Crippen molar-refractivity contribution in [3.8, 4) is 5.75 Å². The second-order valence-electron chi connectivity index (χ2n) is 7.58. The molecule has 1 aliphatic heterocycles. The van der Waals surface area contributed by atoms with Gasteiger partial charge < -0.3 is 19.6 Å². The number of thioether (sulfide) groups is 1. The molecule has 1 aliphatic rings. The molecular formula is C22H22F2N6O4S. The second kappa shape index (κ2) is 10.9. The first-order chi connectivity index (χ1) is 16.9. The Bertz CT molecular complexity index is 1220. The van der Waals surface area contributed by atoms with Crippen LogP contribution in [0.15, 0.2) is 35.6 Å². The summed E-state index contributed by atoms with van der Waals surface area (Å²) in [6.45, 7) is 1.57. The Morgan fingerprint density at radius 2 is 1.91 bits per heavy atom. The average molecular weight is 505 g/mol. The van der Waals surface area contributed by atoms with Gasteiger partial charge >= 0.3 is 0 Å². The summed E-state index contributed by atoms with van der Waals surface area (Å²) in [6.07, 6.45) is -0.0304. The number of piperazine rings is 1. The molecule has 1 N–H and O–H groups in total. The summed E-state index contributed by atoms with van der Waals surface area (Å²) >= 11 is 1.02. The van der Waals surface area contributed by atoms with E-state index in [4.69, 9.17) is 9.84 Å². The van der Waals surface area contributed by atoms with E-state index in [1.807, 2.05) is 4.90 Å². The van der Waals surface area contributed by atoms with Gasteiger partial charge in [0, 0.05) is 37.9 Å². The van der Waals surface area contributed by atoms with Crippen LogP contribution in [0.3, 0.4) is 0 Å². The quantitative estimate of drug-likeness (QED) is 0.277. The number of hydrogen-bond donors (Lipinski definition) is 1. The molecule has 4 heterocycles. The van der Waals surface area contributed by atoms with Crippen LogP contribution in [-0.4, -0.2) is 87.3 Å². The number of pyridine rings is 2. The number of alkyl halides is 2. The van der Waals surface area contributed by atoms with Gasteiger partial charge in [-0.15, -0.1) is 0 Å². The highest BCUT2D eigenvalue weighted by Crippen LogP contribution is 2.30. The predicted octanol–water partition coefficient (Wildman–Crippen LogP) is 1.98. The summed E-state index contributed by atoms with van der Waals surface area (Å²) in [4.78, 5) is 44.1. The van der Waals surface area contributed by atoms with Crippen LogP contribution < -0.4 is 9.64 Å². The van der Waals surface area contributed by atoms with Gasteiger partial charge in [0.1, 0.15) is 23.2 Å². The maximum atomic E-state index is 13.3. The summed E-state index contributed by atoms with van der Waals surface area (Å²) in [7, 11) is 1.46. The lowest BCUT2D eigenvalue weighted by molar-refractivity contribution is -0.134. The molecule has 4 rings (SSSR count). The van der Waals surface area contributed by atoms with Crippen LogP contribution in [0, 0.1) is 0 Å². The fourth-order valence-corrected chi connectivity index (χ4v) is 4.44. The summed E-state index contributed by atoms with van der Waals surface area (Å²) in [5.74, 6) is -0.158. The van der Waals surface area contributed by atoms with E-state index in [0.717, 1.165) is 11.8 Å². The van der Waals surface area contributed by atoms with Crippen LogP contribution in [0.1, 0.15) is 22.6 Å². The van der Waals surface area contributed by atoms with E-state index in [2.05, 4.69) is 19.9 Å². The van der Waals surface area contributed by atoms with Gasteiger partial charge in [0.25, 0.3) is 6.43 Å². The van der Waals surface area contributed by atoms with E-state index in [9.17, 15) is 18.4 Å². The average Bonchev–Trinajstić information content (AvgIpc) is 2.90. The van der Waals surface area contributed by atoms with E-state index in [-0.39, 0.29) is 28.1 Å². The van der Waals surface area contributed by atoms with Gasteiger partial charge in [-0.3, -0.25) is 9.59 Å². The fourth-order valence-electron chi connectivity index (χ4n) is 3.54. The maximum absolute atomic E-state index is 13.3. The van der Waals surface area contributed by atoms with Crippen LogP contribution in [-0.2, 0) is 4.79 Å². The molecule has 1 fully saturated rings. The van der Waals surface area contributed by atoms with Crippen molar-refractivity contribution in [1.29, 1.82) is 0 Å². The number of aromatic nitrogens is 4. The van der Waals surface area contributed by atoms with E-state index < -0.39 is 18.9 Å². The van der Waals surface area contributed by atoms with Crippen molar-refractivity contribution in [2.75, 3.05) is 50.5 Å². The number of halogens is 2. The molecule has 0 aromatic carbocycles. The number of aliphatic hydroxyl groups excluding tert-OH is 1. The van der Waals surface area contributed by atoms with Crippen LogP contribution in [0.4, 0.5) is 14.6 Å². The Morgan fingerprint density at radius 1 is 1.14 bits per heavy atom. The predicted molar refractivity (Wildman–Crippen MR) is 124 cm³/mol. The van der Waals surface area contributed by atoms with Gasteiger partial charge in [-0.05, 0) is 18.2 Å². The molecule has 0 radical (unpaired) electrons. The zero-order valence-corrected chi connectivity index (χ0v) is 19.5. The van der Waals surface area contributed by atoms with Crippen molar-refractivity contribution in [1.82, 2.24) is 24.8 Å². The van der Waals surface area contributed by atoms with Crippen molar-refractivity contribution in [2.45, 2.75) is 11.5 Å².